The highest BCUT2D eigenvalue weighted by atomic mass is 32.2. The molecule has 1 rings (SSSR count). The molecular formula is C15H20O4S. The maximum Gasteiger partial charge on any atom is 0.331 e. The minimum absolute atomic E-state index is 0.0386. The van der Waals surface area contributed by atoms with Gasteiger partial charge < -0.3 is 4.74 Å². The Bertz CT molecular complexity index is 590. The molecule has 0 amide bonds. The summed E-state index contributed by atoms with van der Waals surface area (Å²) in [6.07, 6.45) is 0.927. The highest BCUT2D eigenvalue weighted by molar-refractivity contribution is 7.94. The van der Waals surface area contributed by atoms with Crippen LogP contribution in [0.4, 0.5) is 0 Å². The Kier molecular flexibility index (Phi) is 5.11. The molecule has 0 saturated heterocycles. The first kappa shape index (κ1) is 16.4. The molecule has 4 nitrogen and oxygen atoms in total. The molecule has 0 atom stereocenters. The lowest BCUT2D eigenvalue weighted by molar-refractivity contribution is -0.137. The molecule has 0 spiro atoms. The lowest BCUT2D eigenvalue weighted by atomic mass is 9.87. The van der Waals surface area contributed by atoms with Crippen molar-refractivity contribution in [1.29, 1.82) is 0 Å². The third-order valence-electron chi connectivity index (χ3n) is 2.72. The Morgan fingerprint density at radius 1 is 1.20 bits per heavy atom. The highest BCUT2D eigenvalue weighted by Gasteiger charge is 2.16. The van der Waals surface area contributed by atoms with Gasteiger partial charge >= 0.3 is 5.97 Å². The Hall–Kier alpha value is -1.62. The second kappa shape index (κ2) is 6.22. The van der Waals surface area contributed by atoms with E-state index < -0.39 is 15.8 Å². The molecule has 1 aromatic rings. The molecule has 0 aromatic heterocycles. The van der Waals surface area contributed by atoms with Gasteiger partial charge in [-0.3, -0.25) is 0 Å². The summed E-state index contributed by atoms with van der Waals surface area (Å²) in [5.41, 5.74) is 1.01. The van der Waals surface area contributed by atoms with E-state index in [0.29, 0.717) is 0 Å². The van der Waals surface area contributed by atoms with Crippen LogP contribution < -0.4 is 0 Å². The van der Waals surface area contributed by atoms with Gasteiger partial charge in [-0.2, -0.15) is 0 Å². The molecule has 0 saturated carbocycles. The van der Waals surface area contributed by atoms with Crippen LogP contribution in [0.1, 0.15) is 33.3 Å². The molecule has 0 bridgehead atoms. The third-order valence-corrected chi connectivity index (χ3v) is 4.14. The van der Waals surface area contributed by atoms with Crippen LogP contribution in [0.5, 0.6) is 0 Å². The largest absolute Gasteiger partial charge is 0.463 e. The Balaban J connectivity index is 2.97. The van der Waals surface area contributed by atoms with Gasteiger partial charge in [0.2, 0.25) is 0 Å². The minimum Gasteiger partial charge on any atom is -0.463 e. The van der Waals surface area contributed by atoms with Gasteiger partial charge in [-0.05, 0) is 30.0 Å². The first-order chi connectivity index (χ1) is 9.16. The van der Waals surface area contributed by atoms with Crippen LogP contribution in [0, 0.1) is 0 Å². The molecule has 0 aliphatic carbocycles. The zero-order valence-electron chi connectivity index (χ0n) is 12.2. The van der Waals surface area contributed by atoms with E-state index in [-0.39, 0.29) is 16.9 Å². The van der Waals surface area contributed by atoms with Gasteiger partial charge in [-0.1, -0.05) is 32.9 Å². The zero-order valence-corrected chi connectivity index (χ0v) is 13.0. The zero-order chi connectivity index (χ0) is 15.4. The highest BCUT2D eigenvalue weighted by Crippen LogP contribution is 2.23. The molecule has 0 unspecified atom stereocenters. The molecule has 0 aliphatic heterocycles. The van der Waals surface area contributed by atoms with Crippen LogP contribution in [0.3, 0.4) is 0 Å². The van der Waals surface area contributed by atoms with Gasteiger partial charge in [0.05, 0.1) is 11.5 Å². The quantitative estimate of drug-likeness (QED) is 0.633. The van der Waals surface area contributed by atoms with E-state index in [1.54, 1.807) is 31.2 Å². The predicted molar refractivity (Wildman–Crippen MR) is 78.1 cm³/mol. The Morgan fingerprint density at radius 2 is 1.75 bits per heavy atom. The number of benzene rings is 1. The van der Waals surface area contributed by atoms with Crippen molar-refractivity contribution in [2.24, 2.45) is 0 Å². The molecule has 0 fully saturated rings. The van der Waals surface area contributed by atoms with E-state index in [4.69, 9.17) is 0 Å². The van der Waals surface area contributed by atoms with E-state index in [2.05, 4.69) is 25.5 Å². The normalized spacial score (nSPS) is 12.6. The van der Waals surface area contributed by atoms with Gasteiger partial charge in [-0.25, -0.2) is 13.2 Å². The standard InChI is InChI=1S/C15H20O4S/c1-5-19-14(16)10-11-20(17,18)13-8-6-12(7-9-13)15(2,3)4/h6-11H,5H2,1-4H3/b11-10+. The van der Waals surface area contributed by atoms with Gasteiger partial charge in [0.25, 0.3) is 0 Å². The molecule has 0 N–H and O–H groups in total. The van der Waals surface area contributed by atoms with Crippen molar-refractivity contribution in [3.8, 4) is 0 Å². The maximum atomic E-state index is 12.0. The molecule has 20 heavy (non-hydrogen) atoms. The Morgan fingerprint density at radius 3 is 2.20 bits per heavy atom. The van der Waals surface area contributed by atoms with Crippen LogP contribution in [-0.4, -0.2) is 21.0 Å². The molecule has 0 aliphatic rings. The van der Waals surface area contributed by atoms with Crippen molar-refractivity contribution in [3.63, 3.8) is 0 Å². The van der Waals surface area contributed by atoms with E-state index in [0.717, 1.165) is 17.0 Å². The topological polar surface area (TPSA) is 60.4 Å². The second-order valence-electron chi connectivity index (χ2n) is 5.37. The van der Waals surface area contributed by atoms with Crippen LogP contribution in [0.15, 0.2) is 40.6 Å². The van der Waals surface area contributed by atoms with Crippen molar-refractivity contribution in [3.05, 3.63) is 41.3 Å². The van der Waals surface area contributed by atoms with Crippen molar-refractivity contribution >= 4 is 15.8 Å². The van der Waals surface area contributed by atoms with Crippen LogP contribution >= 0.6 is 0 Å². The fourth-order valence-electron chi connectivity index (χ4n) is 1.56. The smallest absolute Gasteiger partial charge is 0.331 e. The van der Waals surface area contributed by atoms with E-state index in [1.165, 1.54) is 0 Å². The van der Waals surface area contributed by atoms with Gasteiger partial charge in [0, 0.05) is 11.5 Å². The van der Waals surface area contributed by atoms with Gasteiger partial charge in [-0.15, -0.1) is 0 Å². The third kappa shape index (κ3) is 4.49. The fraction of sp³-hybridized carbons (Fsp3) is 0.400. The summed E-state index contributed by atoms with van der Waals surface area (Å²) in [4.78, 5) is 11.3. The molecule has 1 aromatic carbocycles. The lowest BCUT2D eigenvalue weighted by Gasteiger charge is -2.18. The van der Waals surface area contributed by atoms with Gasteiger partial charge in [0.1, 0.15) is 0 Å². The molecular weight excluding hydrogens is 276 g/mol. The van der Waals surface area contributed by atoms with Crippen LogP contribution in [0.25, 0.3) is 0 Å². The predicted octanol–water partition coefficient (Wildman–Crippen LogP) is 2.83. The molecule has 5 heteroatoms. The molecule has 110 valence electrons. The number of carbonyl (C=O) groups excluding carboxylic acids is 1. The lowest BCUT2D eigenvalue weighted by Crippen LogP contribution is -2.11. The SMILES string of the molecule is CCOC(=O)/C=C/S(=O)(=O)c1ccc(C(C)(C)C)cc1. The number of sulfone groups is 1. The minimum atomic E-state index is -3.62. The number of hydrogen-bond acceptors (Lipinski definition) is 4. The van der Waals surface area contributed by atoms with Crippen LogP contribution in [-0.2, 0) is 24.8 Å². The number of ether oxygens (including phenoxy) is 1. The summed E-state index contributed by atoms with van der Waals surface area (Å²) in [5.74, 6) is -0.664. The first-order valence-corrected chi connectivity index (χ1v) is 7.92. The number of esters is 1. The Labute approximate surface area is 120 Å². The summed E-state index contributed by atoms with van der Waals surface area (Å²) in [5, 5.41) is 0.872. The van der Waals surface area contributed by atoms with Crippen molar-refractivity contribution in [2.75, 3.05) is 6.61 Å². The van der Waals surface area contributed by atoms with E-state index >= 15 is 0 Å². The second-order valence-corrected chi connectivity index (χ2v) is 7.21. The summed E-state index contributed by atoms with van der Waals surface area (Å²) >= 11 is 0. The average molecular weight is 296 g/mol. The van der Waals surface area contributed by atoms with Crippen molar-refractivity contribution in [1.82, 2.24) is 0 Å². The van der Waals surface area contributed by atoms with Crippen molar-refractivity contribution in [2.45, 2.75) is 38.0 Å². The van der Waals surface area contributed by atoms with E-state index in [1.807, 2.05) is 0 Å². The van der Waals surface area contributed by atoms with Gasteiger partial charge in [0.15, 0.2) is 9.84 Å². The molecule has 0 heterocycles. The number of carbonyl (C=O) groups is 1. The molecule has 0 radical (unpaired) electrons. The first-order valence-electron chi connectivity index (χ1n) is 6.37. The van der Waals surface area contributed by atoms with Crippen LogP contribution in [0.2, 0.25) is 0 Å². The monoisotopic (exact) mass is 296 g/mol. The number of rotatable bonds is 4. The summed E-state index contributed by atoms with van der Waals surface area (Å²) < 4.78 is 28.7. The summed E-state index contributed by atoms with van der Waals surface area (Å²) in [6.45, 7) is 8.03. The maximum absolute atomic E-state index is 12.0. The fourth-order valence-corrected chi connectivity index (χ4v) is 2.52. The van der Waals surface area contributed by atoms with E-state index in [9.17, 15) is 13.2 Å². The summed E-state index contributed by atoms with van der Waals surface area (Å²) in [7, 11) is -3.62. The average Bonchev–Trinajstić information content (AvgIpc) is 2.36. The van der Waals surface area contributed by atoms with Crippen molar-refractivity contribution < 1.29 is 17.9 Å². The number of hydrogen-bond donors (Lipinski definition) is 0. The summed E-state index contributed by atoms with van der Waals surface area (Å²) in [6, 6.07) is 6.66.